The standard InChI is InChI=1S/C17H25NO2/c1-15(12-16-6-3-2-4-7-16)13-18-10-5-8-17(20,14-19)9-11-18/h2-4,6-7,12,19-20H,5,8-11,13-14H2,1H3/b15-12+/t17-/m1/s1. The number of aliphatic hydroxyl groups is 2. The molecule has 2 N–H and O–H groups in total. The summed E-state index contributed by atoms with van der Waals surface area (Å²) >= 11 is 0. The van der Waals surface area contributed by atoms with Gasteiger partial charge in [-0.2, -0.15) is 0 Å². The Kier molecular flexibility index (Phi) is 5.35. The minimum atomic E-state index is -0.869. The molecule has 20 heavy (non-hydrogen) atoms. The summed E-state index contributed by atoms with van der Waals surface area (Å²) < 4.78 is 0. The van der Waals surface area contributed by atoms with Gasteiger partial charge in [0.25, 0.3) is 0 Å². The molecule has 0 bridgehead atoms. The van der Waals surface area contributed by atoms with Crippen LogP contribution in [0, 0.1) is 0 Å². The lowest BCUT2D eigenvalue weighted by atomic mass is 9.96. The average Bonchev–Trinajstić information content (AvgIpc) is 2.63. The Bertz CT molecular complexity index is 444. The smallest absolute Gasteiger partial charge is 0.0890 e. The van der Waals surface area contributed by atoms with E-state index >= 15 is 0 Å². The van der Waals surface area contributed by atoms with Gasteiger partial charge in [0.1, 0.15) is 0 Å². The van der Waals surface area contributed by atoms with E-state index in [4.69, 9.17) is 0 Å². The quantitative estimate of drug-likeness (QED) is 0.886. The number of rotatable bonds is 4. The van der Waals surface area contributed by atoms with Crippen LogP contribution in [0.2, 0.25) is 0 Å². The van der Waals surface area contributed by atoms with Crippen molar-refractivity contribution in [2.45, 2.75) is 31.8 Å². The predicted octanol–water partition coefficient (Wildman–Crippen LogP) is 2.30. The van der Waals surface area contributed by atoms with E-state index in [0.717, 1.165) is 26.1 Å². The first-order chi connectivity index (χ1) is 9.61. The van der Waals surface area contributed by atoms with E-state index < -0.39 is 5.60 Å². The number of aliphatic hydroxyl groups excluding tert-OH is 1. The minimum absolute atomic E-state index is 0.125. The summed E-state index contributed by atoms with van der Waals surface area (Å²) in [5.41, 5.74) is 1.68. The SMILES string of the molecule is C/C(=C\c1ccccc1)CN1CCC[C@](O)(CO)CC1. The van der Waals surface area contributed by atoms with Gasteiger partial charge in [0.15, 0.2) is 0 Å². The monoisotopic (exact) mass is 275 g/mol. The summed E-state index contributed by atoms with van der Waals surface area (Å²) in [5.74, 6) is 0. The molecule has 0 unspecified atom stereocenters. The topological polar surface area (TPSA) is 43.7 Å². The zero-order valence-electron chi connectivity index (χ0n) is 12.3. The molecule has 1 aliphatic rings. The number of hydrogen-bond acceptors (Lipinski definition) is 3. The lowest BCUT2D eigenvalue weighted by molar-refractivity contribution is -0.0252. The van der Waals surface area contributed by atoms with E-state index in [0.29, 0.717) is 12.8 Å². The van der Waals surface area contributed by atoms with Crippen LogP contribution in [0.15, 0.2) is 35.9 Å². The normalized spacial score (nSPS) is 25.4. The van der Waals surface area contributed by atoms with Crippen molar-refractivity contribution in [2.75, 3.05) is 26.2 Å². The predicted molar refractivity (Wildman–Crippen MR) is 82.4 cm³/mol. The maximum Gasteiger partial charge on any atom is 0.0890 e. The summed E-state index contributed by atoms with van der Waals surface area (Å²) in [5, 5.41) is 19.4. The third-order valence-electron chi connectivity index (χ3n) is 3.99. The zero-order chi connectivity index (χ0) is 14.4. The van der Waals surface area contributed by atoms with Gasteiger partial charge in [0.05, 0.1) is 12.2 Å². The molecule has 0 amide bonds. The summed E-state index contributed by atoms with van der Waals surface area (Å²) in [6, 6.07) is 10.3. The van der Waals surface area contributed by atoms with Gasteiger partial charge in [-0.15, -0.1) is 0 Å². The highest BCUT2D eigenvalue weighted by molar-refractivity contribution is 5.52. The summed E-state index contributed by atoms with van der Waals surface area (Å²) in [6.07, 6.45) is 4.50. The Hall–Kier alpha value is -1.16. The molecule has 1 fully saturated rings. The number of benzene rings is 1. The average molecular weight is 275 g/mol. The van der Waals surface area contributed by atoms with Crippen molar-refractivity contribution in [3.8, 4) is 0 Å². The molecule has 1 heterocycles. The van der Waals surface area contributed by atoms with Crippen LogP contribution in [0.5, 0.6) is 0 Å². The highest BCUT2D eigenvalue weighted by Gasteiger charge is 2.29. The molecule has 1 saturated heterocycles. The molecule has 0 spiro atoms. The molecule has 1 aliphatic heterocycles. The Balaban J connectivity index is 1.92. The Morgan fingerprint density at radius 3 is 2.70 bits per heavy atom. The first kappa shape index (κ1) is 15.2. The summed E-state index contributed by atoms with van der Waals surface area (Å²) in [7, 11) is 0. The fraction of sp³-hybridized carbons (Fsp3) is 0.529. The van der Waals surface area contributed by atoms with E-state index in [2.05, 4.69) is 30.0 Å². The molecule has 0 radical (unpaired) electrons. The van der Waals surface area contributed by atoms with Crippen molar-refractivity contribution in [3.05, 3.63) is 41.5 Å². The Morgan fingerprint density at radius 1 is 1.25 bits per heavy atom. The Morgan fingerprint density at radius 2 is 2.00 bits per heavy atom. The van der Waals surface area contributed by atoms with Crippen molar-refractivity contribution in [1.82, 2.24) is 4.90 Å². The van der Waals surface area contributed by atoms with Gasteiger partial charge in [-0.1, -0.05) is 42.0 Å². The second-order valence-corrected chi connectivity index (χ2v) is 5.91. The highest BCUT2D eigenvalue weighted by Crippen LogP contribution is 2.22. The van der Waals surface area contributed by atoms with Crippen LogP contribution >= 0.6 is 0 Å². The van der Waals surface area contributed by atoms with E-state index in [1.165, 1.54) is 11.1 Å². The molecule has 0 saturated carbocycles. The maximum absolute atomic E-state index is 10.2. The molecule has 1 aromatic carbocycles. The number of nitrogens with zero attached hydrogens (tertiary/aromatic N) is 1. The lowest BCUT2D eigenvalue weighted by Gasteiger charge is -2.24. The van der Waals surface area contributed by atoms with Gasteiger partial charge in [0, 0.05) is 13.1 Å². The van der Waals surface area contributed by atoms with Gasteiger partial charge < -0.3 is 10.2 Å². The van der Waals surface area contributed by atoms with Crippen molar-refractivity contribution in [1.29, 1.82) is 0 Å². The van der Waals surface area contributed by atoms with Crippen molar-refractivity contribution in [3.63, 3.8) is 0 Å². The fourth-order valence-electron chi connectivity index (χ4n) is 2.78. The second kappa shape index (κ2) is 7.02. The third kappa shape index (κ3) is 4.44. The zero-order valence-corrected chi connectivity index (χ0v) is 12.3. The third-order valence-corrected chi connectivity index (χ3v) is 3.99. The van der Waals surface area contributed by atoms with Crippen LogP contribution in [-0.2, 0) is 0 Å². The van der Waals surface area contributed by atoms with Crippen molar-refractivity contribution in [2.24, 2.45) is 0 Å². The highest BCUT2D eigenvalue weighted by atomic mass is 16.3. The van der Waals surface area contributed by atoms with Gasteiger partial charge in [0.2, 0.25) is 0 Å². The number of likely N-dealkylation sites (tertiary alicyclic amines) is 1. The van der Waals surface area contributed by atoms with E-state index in [1.54, 1.807) is 0 Å². The van der Waals surface area contributed by atoms with Gasteiger partial charge in [-0.3, -0.25) is 4.90 Å². The fourth-order valence-corrected chi connectivity index (χ4v) is 2.78. The van der Waals surface area contributed by atoms with Crippen LogP contribution in [-0.4, -0.2) is 47.0 Å². The molecule has 3 heteroatoms. The van der Waals surface area contributed by atoms with Crippen LogP contribution in [0.4, 0.5) is 0 Å². The molecule has 2 rings (SSSR count). The van der Waals surface area contributed by atoms with Crippen molar-refractivity contribution < 1.29 is 10.2 Å². The van der Waals surface area contributed by atoms with Crippen molar-refractivity contribution >= 4 is 6.08 Å². The lowest BCUT2D eigenvalue weighted by Crippen LogP contribution is -2.35. The van der Waals surface area contributed by atoms with Gasteiger partial charge >= 0.3 is 0 Å². The van der Waals surface area contributed by atoms with Crippen LogP contribution in [0.25, 0.3) is 6.08 Å². The largest absolute Gasteiger partial charge is 0.393 e. The van der Waals surface area contributed by atoms with Crippen LogP contribution in [0.3, 0.4) is 0 Å². The van der Waals surface area contributed by atoms with E-state index in [-0.39, 0.29) is 6.61 Å². The molecule has 1 atom stereocenters. The molecule has 0 aliphatic carbocycles. The molecule has 110 valence electrons. The molecule has 0 aromatic heterocycles. The molecular formula is C17H25NO2. The van der Waals surface area contributed by atoms with E-state index in [1.807, 2.05) is 18.2 Å². The van der Waals surface area contributed by atoms with Crippen LogP contribution in [0.1, 0.15) is 31.7 Å². The second-order valence-electron chi connectivity index (χ2n) is 5.91. The Labute approximate surface area is 121 Å². The first-order valence-electron chi connectivity index (χ1n) is 7.39. The van der Waals surface area contributed by atoms with E-state index in [9.17, 15) is 10.2 Å². The van der Waals surface area contributed by atoms with Crippen LogP contribution < -0.4 is 0 Å². The maximum atomic E-state index is 10.2. The van der Waals surface area contributed by atoms with Gasteiger partial charge in [-0.25, -0.2) is 0 Å². The minimum Gasteiger partial charge on any atom is -0.393 e. The first-order valence-corrected chi connectivity index (χ1v) is 7.39. The summed E-state index contributed by atoms with van der Waals surface area (Å²) in [4.78, 5) is 2.36. The molecular weight excluding hydrogens is 250 g/mol. The number of hydrogen-bond donors (Lipinski definition) is 2. The van der Waals surface area contributed by atoms with Gasteiger partial charge in [-0.05, 0) is 38.3 Å². The summed E-state index contributed by atoms with van der Waals surface area (Å²) in [6.45, 7) is 4.78. The molecule has 1 aromatic rings. The molecule has 3 nitrogen and oxygen atoms in total.